The first-order valence-corrected chi connectivity index (χ1v) is 11.1. The van der Waals surface area contributed by atoms with Crippen LogP contribution >= 0.6 is 0 Å². The number of nitrogens with zero attached hydrogens (tertiary/aromatic N) is 2. The quantitative estimate of drug-likeness (QED) is 0.727. The maximum Gasteiger partial charge on any atom is 0.326 e. The molecule has 0 radical (unpaired) electrons. The second kappa shape index (κ2) is 8.92. The standard InChI is InChI=1S/C25H29N3O3/c1-2-27(21-16-10-5-11-17-21)22(29)18-28-23(30)25(26-24(28)31,19-12-6-3-7-13-19)20-14-8-4-9-15-20/h3-4,6-9,12-15,21H,2,5,10-11,16-18H2,1H3,(H,26,31). The van der Waals surface area contributed by atoms with Gasteiger partial charge in [0.2, 0.25) is 5.91 Å². The van der Waals surface area contributed by atoms with Crippen LogP contribution in [0.1, 0.15) is 50.2 Å². The van der Waals surface area contributed by atoms with Crippen LogP contribution in [0.3, 0.4) is 0 Å². The van der Waals surface area contributed by atoms with E-state index < -0.39 is 17.5 Å². The smallest absolute Gasteiger partial charge is 0.326 e. The molecule has 6 nitrogen and oxygen atoms in total. The lowest BCUT2D eigenvalue weighted by atomic mass is 9.82. The lowest BCUT2D eigenvalue weighted by molar-refractivity contribution is -0.140. The molecule has 1 heterocycles. The number of imide groups is 1. The molecular weight excluding hydrogens is 390 g/mol. The number of hydrogen-bond acceptors (Lipinski definition) is 3. The van der Waals surface area contributed by atoms with Gasteiger partial charge in [0.25, 0.3) is 5.91 Å². The second-order valence-electron chi connectivity index (χ2n) is 8.28. The fraction of sp³-hybridized carbons (Fsp3) is 0.400. The maximum atomic E-state index is 13.7. The minimum absolute atomic E-state index is 0.171. The van der Waals surface area contributed by atoms with Crippen molar-refractivity contribution in [2.75, 3.05) is 13.1 Å². The summed E-state index contributed by atoms with van der Waals surface area (Å²) in [7, 11) is 0. The topological polar surface area (TPSA) is 69.7 Å². The molecule has 1 saturated heterocycles. The summed E-state index contributed by atoms with van der Waals surface area (Å²) in [4.78, 5) is 42.8. The van der Waals surface area contributed by atoms with Crippen molar-refractivity contribution in [1.82, 2.24) is 15.1 Å². The van der Waals surface area contributed by atoms with Crippen LogP contribution in [0.4, 0.5) is 4.79 Å². The van der Waals surface area contributed by atoms with Gasteiger partial charge in [-0.2, -0.15) is 0 Å². The Kier molecular flexibility index (Phi) is 6.07. The highest BCUT2D eigenvalue weighted by molar-refractivity contribution is 6.11. The minimum atomic E-state index is -1.33. The van der Waals surface area contributed by atoms with Crippen molar-refractivity contribution in [3.63, 3.8) is 0 Å². The van der Waals surface area contributed by atoms with Crippen molar-refractivity contribution < 1.29 is 14.4 Å². The van der Waals surface area contributed by atoms with E-state index in [1.165, 1.54) is 6.42 Å². The van der Waals surface area contributed by atoms with E-state index >= 15 is 0 Å². The van der Waals surface area contributed by atoms with Gasteiger partial charge in [-0.3, -0.25) is 14.5 Å². The van der Waals surface area contributed by atoms with Crippen LogP contribution in [0, 0.1) is 0 Å². The summed E-state index contributed by atoms with van der Waals surface area (Å²) in [5, 5.41) is 2.91. The Balaban J connectivity index is 1.64. The largest absolute Gasteiger partial charge is 0.338 e. The van der Waals surface area contributed by atoms with E-state index in [1.54, 1.807) is 0 Å². The van der Waals surface area contributed by atoms with E-state index in [9.17, 15) is 14.4 Å². The molecule has 1 N–H and O–H groups in total. The molecule has 4 amide bonds. The second-order valence-corrected chi connectivity index (χ2v) is 8.28. The third-order valence-corrected chi connectivity index (χ3v) is 6.49. The molecule has 0 atom stereocenters. The highest BCUT2D eigenvalue weighted by Crippen LogP contribution is 2.36. The fourth-order valence-corrected chi connectivity index (χ4v) is 4.91. The van der Waals surface area contributed by atoms with Gasteiger partial charge in [-0.1, -0.05) is 79.9 Å². The van der Waals surface area contributed by atoms with Gasteiger partial charge in [-0.05, 0) is 30.9 Å². The van der Waals surface area contributed by atoms with Crippen molar-refractivity contribution in [2.45, 2.75) is 50.6 Å². The number of hydrogen-bond donors (Lipinski definition) is 1. The number of urea groups is 1. The van der Waals surface area contributed by atoms with Crippen molar-refractivity contribution >= 4 is 17.8 Å². The normalized spacial score (nSPS) is 18.7. The molecule has 4 rings (SSSR count). The zero-order valence-corrected chi connectivity index (χ0v) is 17.9. The lowest BCUT2D eigenvalue weighted by Crippen LogP contribution is -2.49. The number of benzene rings is 2. The molecule has 2 aliphatic rings. The van der Waals surface area contributed by atoms with E-state index in [0.29, 0.717) is 17.7 Å². The Labute approximate surface area is 183 Å². The number of likely N-dealkylation sites (N-methyl/N-ethyl adjacent to an activating group) is 1. The van der Waals surface area contributed by atoms with E-state index in [4.69, 9.17) is 0 Å². The van der Waals surface area contributed by atoms with Gasteiger partial charge in [-0.25, -0.2) is 4.79 Å². The lowest BCUT2D eigenvalue weighted by Gasteiger charge is -2.34. The molecule has 1 saturated carbocycles. The summed E-state index contributed by atoms with van der Waals surface area (Å²) in [5.41, 5.74) is 0.0187. The van der Waals surface area contributed by atoms with Crippen LogP contribution < -0.4 is 5.32 Å². The van der Waals surface area contributed by atoms with Gasteiger partial charge in [0.05, 0.1) is 0 Å². The van der Waals surface area contributed by atoms with Gasteiger partial charge in [0.1, 0.15) is 6.54 Å². The van der Waals surface area contributed by atoms with Crippen LogP contribution in [-0.4, -0.2) is 46.8 Å². The number of amides is 4. The molecule has 2 aromatic carbocycles. The number of carbonyl (C=O) groups excluding carboxylic acids is 3. The van der Waals surface area contributed by atoms with Crippen LogP contribution in [-0.2, 0) is 15.1 Å². The third-order valence-electron chi connectivity index (χ3n) is 6.49. The van der Waals surface area contributed by atoms with E-state index in [0.717, 1.165) is 30.6 Å². The monoisotopic (exact) mass is 419 g/mol. The molecule has 162 valence electrons. The van der Waals surface area contributed by atoms with Gasteiger partial charge in [0, 0.05) is 12.6 Å². The molecule has 31 heavy (non-hydrogen) atoms. The first kappa shape index (κ1) is 21.1. The molecule has 0 unspecified atom stereocenters. The summed E-state index contributed by atoms with van der Waals surface area (Å²) in [6, 6.07) is 18.1. The summed E-state index contributed by atoms with van der Waals surface area (Å²) in [6.07, 6.45) is 5.40. The average Bonchev–Trinajstić information content (AvgIpc) is 3.07. The zero-order chi connectivity index (χ0) is 21.8. The summed E-state index contributed by atoms with van der Waals surface area (Å²) < 4.78 is 0. The molecule has 0 spiro atoms. The highest BCUT2D eigenvalue weighted by atomic mass is 16.2. The van der Waals surface area contributed by atoms with Crippen LogP contribution in [0.25, 0.3) is 0 Å². The molecule has 2 fully saturated rings. The Morgan fingerprint density at radius 1 is 0.968 bits per heavy atom. The van der Waals surface area contributed by atoms with Crippen molar-refractivity contribution in [3.8, 4) is 0 Å². The average molecular weight is 420 g/mol. The number of carbonyl (C=O) groups is 3. The molecule has 0 bridgehead atoms. The van der Waals surface area contributed by atoms with Gasteiger partial charge in [-0.15, -0.1) is 0 Å². The first-order chi connectivity index (χ1) is 15.1. The Morgan fingerprint density at radius 3 is 2.03 bits per heavy atom. The van der Waals surface area contributed by atoms with E-state index in [-0.39, 0.29) is 18.5 Å². The Morgan fingerprint density at radius 2 is 1.52 bits per heavy atom. The van der Waals surface area contributed by atoms with Gasteiger partial charge >= 0.3 is 6.03 Å². The SMILES string of the molecule is CCN(C(=O)CN1C(=O)NC(c2ccccc2)(c2ccccc2)C1=O)C1CCCCC1. The predicted molar refractivity (Wildman–Crippen MR) is 118 cm³/mol. The van der Waals surface area contributed by atoms with Crippen LogP contribution in [0.2, 0.25) is 0 Å². The number of nitrogens with one attached hydrogen (secondary N) is 1. The minimum Gasteiger partial charge on any atom is -0.338 e. The molecule has 6 heteroatoms. The Bertz CT molecular complexity index is 899. The van der Waals surface area contributed by atoms with Crippen molar-refractivity contribution in [2.24, 2.45) is 0 Å². The molecular formula is C25H29N3O3. The summed E-state index contributed by atoms with van der Waals surface area (Å²) >= 11 is 0. The predicted octanol–water partition coefficient (Wildman–Crippen LogP) is 3.66. The van der Waals surface area contributed by atoms with Crippen LogP contribution in [0.15, 0.2) is 60.7 Å². The highest BCUT2D eigenvalue weighted by Gasteiger charge is 2.54. The summed E-state index contributed by atoms with van der Waals surface area (Å²) in [5.74, 6) is -0.585. The molecule has 1 aliphatic carbocycles. The van der Waals surface area contributed by atoms with Crippen molar-refractivity contribution in [3.05, 3.63) is 71.8 Å². The van der Waals surface area contributed by atoms with Gasteiger partial charge in [0.15, 0.2) is 5.54 Å². The first-order valence-electron chi connectivity index (χ1n) is 11.1. The van der Waals surface area contributed by atoms with Gasteiger partial charge < -0.3 is 10.2 Å². The molecule has 0 aromatic heterocycles. The van der Waals surface area contributed by atoms with E-state index in [2.05, 4.69) is 5.32 Å². The Hall–Kier alpha value is -3.15. The van der Waals surface area contributed by atoms with Crippen LogP contribution in [0.5, 0.6) is 0 Å². The molecule has 1 aliphatic heterocycles. The maximum absolute atomic E-state index is 13.7. The summed E-state index contributed by atoms with van der Waals surface area (Å²) in [6.45, 7) is 2.29. The molecule has 2 aromatic rings. The fourth-order valence-electron chi connectivity index (χ4n) is 4.91. The van der Waals surface area contributed by atoms with E-state index in [1.807, 2.05) is 72.5 Å². The van der Waals surface area contributed by atoms with Crippen molar-refractivity contribution in [1.29, 1.82) is 0 Å². The third kappa shape index (κ3) is 3.82. The number of rotatable bonds is 6. The zero-order valence-electron chi connectivity index (χ0n) is 17.9.